The molecule has 96 valence electrons. The third-order valence-electron chi connectivity index (χ3n) is 2.56. The van der Waals surface area contributed by atoms with Crippen LogP contribution >= 0.6 is 11.3 Å². The number of aliphatic hydroxyl groups excluding tert-OH is 1. The lowest BCUT2D eigenvalue weighted by molar-refractivity contribution is 0.169. The van der Waals surface area contributed by atoms with E-state index in [2.05, 4.69) is 5.32 Å². The van der Waals surface area contributed by atoms with Crippen LogP contribution in [-0.4, -0.2) is 11.7 Å². The Morgan fingerprint density at radius 2 is 2.11 bits per heavy atom. The molecule has 5 heteroatoms. The third-order valence-corrected chi connectivity index (χ3v) is 3.30. The second kappa shape index (κ2) is 6.04. The number of benzene rings is 1. The maximum absolute atomic E-state index is 13.4. The Balaban J connectivity index is 1.91. The van der Waals surface area contributed by atoms with Crippen LogP contribution in [0.5, 0.6) is 0 Å². The fourth-order valence-corrected chi connectivity index (χ4v) is 2.30. The lowest BCUT2D eigenvalue weighted by Gasteiger charge is -2.12. The lowest BCUT2D eigenvalue weighted by Crippen LogP contribution is -2.21. The molecule has 1 aromatic heterocycles. The summed E-state index contributed by atoms with van der Waals surface area (Å²) in [6.07, 6.45) is -1.06. The summed E-state index contributed by atoms with van der Waals surface area (Å²) in [5, 5.41) is 16.7. The Labute approximate surface area is 108 Å². The van der Waals surface area contributed by atoms with Crippen LogP contribution in [0.3, 0.4) is 0 Å². The number of rotatable bonds is 5. The molecule has 0 saturated carbocycles. The molecule has 0 saturated heterocycles. The molecule has 2 aromatic rings. The Morgan fingerprint density at radius 3 is 2.83 bits per heavy atom. The quantitative estimate of drug-likeness (QED) is 0.875. The van der Waals surface area contributed by atoms with E-state index in [1.165, 1.54) is 0 Å². The van der Waals surface area contributed by atoms with Crippen molar-refractivity contribution in [3.8, 4) is 0 Å². The van der Waals surface area contributed by atoms with Crippen LogP contribution in [0, 0.1) is 11.6 Å². The molecule has 0 amide bonds. The summed E-state index contributed by atoms with van der Waals surface area (Å²) in [4.78, 5) is 0. The minimum absolute atomic E-state index is 0.0205. The molecule has 0 aliphatic heterocycles. The van der Waals surface area contributed by atoms with Crippen LogP contribution in [0.25, 0.3) is 0 Å². The van der Waals surface area contributed by atoms with Crippen molar-refractivity contribution in [1.82, 2.24) is 5.32 Å². The van der Waals surface area contributed by atoms with Gasteiger partial charge in [-0.1, -0.05) is 0 Å². The monoisotopic (exact) mass is 269 g/mol. The molecule has 2 N–H and O–H groups in total. The average Bonchev–Trinajstić information content (AvgIpc) is 2.85. The number of hydrogen-bond donors (Lipinski definition) is 2. The predicted octanol–water partition coefficient (Wildman–Crippen LogP) is 2.85. The largest absolute Gasteiger partial charge is 0.387 e. The highest BCUT2D eigenvalue weighted by Gasteiger charge is 2.13. The summed E-state index contributed by atoms with van der Waals surface area (Å²) in [7, 11) is 0. The van der Waals surface area contributed by atoms with Gasteiger partial charge in [-0.2, -0.15) is 11.3 Å². The van der Waals surface area contributed by atoms with Gasteiger partial charge in [-0.15, -0.1) is 0 Å². The van der Waals surface area contributed by atoms with Gasteiger partial charge in [-0.05, 0) is 40.6 Å². The van der Waals surface area contributed by atoms with Gasteiger partial charge in [-0.3, -0.25) is 0 Å². The van der Waals surface area contributed by atoms with E-state index in [-0.39, 0.29) is 12.1 Å². The fraction of sp³-hybridized carbons (Fsp3) is 0.231. The molecule has 0 fully saturated rings. The van der Waals surface area contributed by atoms with Crippen molar-refractivity contribution in [3.63, 3.8) is 0 Å². The average molecular weight is 269 g/mol. The van der Waals surface area contributed by atoms with Crippen LogP contribution < -0.4 is 5.32 Å². The summed E-state index contributed by atoms with van der Waals surface area (Å²) >= 11 is 1.59. The Hall–Kier alpha value is -1.30. The SMILES string of the molecule is OC(CNCc1ccsc1)c1cc(F)ccc1F. The Bertz CT molecular complexity index is 502. The first kappa shape index (κ1) is 13.1. The molecule has 0 spiro atoms. The van der Waals surface area contributed by atoms with Gasteiger partial charge in [0, 0.05) is 18.7 Å². The first-order valence-electron chi connectivity index (χ1n) is 5.51. The number of aliphatic hydroxyl groups is 1. The molecule has 2 nitrogen and oxygen atoms in total. The summed E-state index contributed by atoms with van der Waals surface area (Å²) < 4.78 is 26.3. The molecule has 18 heavy (non-hydrogen) atoms. The van der Waals surface area contributed by atoms with E-state index in [4.69, 9.17) is 0 Å². The van der Waals surface area contributed by atoms with E-state index in [1.807, 2.05) is 16.8 Å². The van der Waals surface area contributed by atoms with Crippen molar-refractivity contribution in [1.29, 1.82) is 0 Å². The van der Waals surface area contributed by atoms with Crippen molar-refractivity contribution in [2.45, 2.75) is 12.6 Å². The maximum atomic E-state index is 13.4. The van der Waals surface area contributed by atoms with Gasteiger partial charge in [0.1, 0.15) is 11.6 Å². The lowest BCUT2D eigenvalue weighted by atomic mass is 10.1. The van der Waals surface area contributed by atoms with E-state index >= 15 is 0 Å². The van der Waals surface area contributed by atoms with Gasteiger partial charge in [0.15, 0.2) is 0 Å². The second-order valence-electron chi connectivity index (χ2n) is 3.94. The van der Waals surface area contributed by atoms with Gasteiger partial charge in [0.25, 0.3) is 0 Å². The van der Waals surface area contributed by atoms with E-state index < -0.39 is 17.7 Å². The minimum atomic E-state index is -1.06. The van der Waals surface area contributed by atoms with Gasteiger partial charge in [0.05, 0.1) is 6.10 Å². The maximum Gasteiger partial charge on any atom is 0.129 e. The highest BCUT2D eigenvalue weighted by molar-refractivity contribution is 7.07. The van der Waals surface area contributed by atoms with Crippen molar-refractivity contribution in [2.24, 2.45) is 0 Å². The smallest absolute Gasteiger partial charge is 0.129 e. The molecular formula is C13H13F2NOS. The van der Waals surface area contributed by atoms with E-state index in [1.54, 1.807) is 11.3 Å². The van der Waals surface area contributed by atoms with Crippen LogP contribution in [0.1, 0.15) is 17.2 Å². The molecule has 0 radical (unpaired) electrons. The zero-order chi connectivity index (χ0) is 13.0. The number of nitrogens with one attached hydrogen (secondary N) is 1. The van der Waals surface area contributed by atoms with Crippen LogP contribution in [0.2, 0.25) is 0 Å². The molecule has 0 bridgehead atoms. The van der Waals surface area contributed by atoms with E-state index in [9.17, 15) is 13.9 Å². The molecule has 0 aliphatic rings. The summed E-state index contributed by atoms with van der Waals surface area (Å²) in [5.74, 6) is -1.15. The van der Waals surface area contributed by atoms with Crippen molar-refractivity contribution >= 4 is 11.3 Å². The molecule has 2 rings (SSSR count). The van der Waals surface area contributed by atoms with E-state index in [0.717, 1.165) is 23.8 Å². The molecule has 1 aromatic carbocycles. The van der Waals surface area contributed by atoms with E-state index in [0.29, 0.717) is 6.54 Å². The minimum Gasteiger partial charge on any atom is -0.387 e. The zero-order valence-electron chi connectivity index (χ0n) is 9.57. The summed E-state index contributed by atoms with van der Waals surface area (Å²) in [5.41, 5.74) is 1.08. The number of halogens is 2. The van der Waals surface area contributed by atoms with Crippen LogP contribution in [0.4, 0.5) is 8.78 Å². The Kier molecular flexibility index (Phi) is 4.41. The zero-order valence-corrected chi connectivity index (χ0v) is 10.4. The number of thiophene rings is 1. The molecule has 0 aliphatic carbocycles. The van der Waals surface area contributed by atoms with Crippen LogP contribution in [-0.2, 0) is 6.54 Å². The predicted molar refractivity (Wildman–Crippen MR) is 67.3 cm³/mol. The fourth-order valence-electron chi connectivity index (χ4n) is 1.63. The first-order chi connectivity index (χ1) is 8.66. The summed E-state index contributed by atoms with van der Waals surface area (Å²) in [6.45, 7) is 0.772. The standard InChI is InChI=1S/C13H13F2NOS/c14-10-1-2-12(15)11(5-10)13(17)7-16-6-9-3-4-18-8-9/h1-5,8,13,16-17H,6-7H2. The van der Waals surface area contributed by atoms with Gasteiger partial charge < -0.3 is 10.4 Å². The highest BCUT2D eigenvalue weighted by Crippen LogP contribution is 2.17. The highest BCUT2D eigenvalue weighted by atomic mass is 32.1. The molecule has 1 heterocycles. The number of hydrogen-bond acceptors (Lipinski definition) is 3. The van der Waals surface area contributed by atoms with Crippen LogP contribution in [0.15, 0.2) is 35.0 Å². The van der Waals surface area contributed by atoms with Gasteiger partial charge in [0.2, 0.25) is 0 Å². The topological polar surface area (TPSA) is 32.3 Å². The first-order valence-corrected chi connectivity index (χ1v) is 6.46. The molecular weight excluding hydrogens is 256 g/mol. The van der Waals surface area contributed by atoms with Crippen molar-refractivity contribution < 1.29 is 13.9 Å². The normalized spacial score (nSPS) is 12.6. The van der Waals surface area contributed by atoms with Crippen molar-refractivity contribution in [3.05, 3.63) is 57.8 Å². The molecule has 1 unspecified atom stereocenters. The van der Waals surface area contributed by atoms with Crippen molar-refractivity contribution in [2.75, 3.05) is 6.54 Å². The van der Waals surface area contributed by atoms with Gasteiger partial charge >= 0.3 is 0 Å². The Morgan fingerprint density at radius 1 is 1.28 bits per heavy atom. The summed E-state index contributed by atoms with van der Waals surface area (Å²) in [6, 6.07) is 5.04. The van der Waals surface area contributed by atoms with Gasteiger partial charge in [-0.25, -0.2) is 8.78 Å². The molecule has 1 atom stereocenters. The second-order valence-corrected chi connectivity index (χ2v) is 4.72. The third kappa shape index (κ3) is 3.35.